The average molecular weight is 319 g/mol. The normalized spacial score (nSPS) is 25.0. The zero-order valence-electron chi connectivity index (χ0n) is 11.0. The minimum atomic E-state index is -0.611. The van der Waals surface area contributed by atoms with E-state index in [0.29, 0.717) is 13.1 Å². The molecule has 0 radical (unpaired) electrons. The maximum atomic E-state index is 13.9. The Morgan fingerprint density at radius 1 is 1.40 bits per heavy atom. The Morgan fingerprint density at radius 3 is 2.90 bits per heavy atom. The van der Waals surface area contributed by atoms with Crippen molar-refractivity contribution in [3.63, 3.8) is 0 Å². The number of rotatable bonds is 1. The smallest absolute Gasteiger partial charge is 0.256 e. The fourth-order valence-electron chi connectivity index (χ4n) is 3.09. The molecule has 1 N–H and O–H groups in total. The van der Waals surface area contributed by atoms with Crippen molar-refractivity contribution in [3.05, 3.63) is 34.6 Å². The summed E-state index contributed by atoms with van der Waals surface area (Å²) in [6.07, 6.45) is 2.09. The maximum Gasteiger partial charge on any atom is 0.256 e. The van der Waals surface area contributed by atoms with Gasteiger partial charge in [-0.15, -0.1) is 12.4 Å². The number of benzene rings is 1. The van der Waals surface area contributed by atoms with Crippen LogP contribution in [0.5, 0.6) is 0 Å². The SMILES string of the molecule is Cl.O=C(c1cccc(Cl)c1F)N1CCC2(CCNC2)C1. The second kappa shape index (κ2) is 5.88. The molecule has 110 valence electrons. The minimum Gasteiger partial charge on any atom is -0.338 e. The molecule has 2 saturated heterocycles. The Labute approximate surface area is 128 Å². The van der Waals surface area contributed by atoms with Crippen LogP contribution in [0.2, 0.25) is 5.02 Å². The largest absolute Gasteiger partial charge is 0.338 e. The van der Waals surface area contributed by atoms with E-state index < -0.39 is 5.82 Å². The molecule has 3 rings (SSSR count). The van der Waals surface area contributed by atoms with Gasteiger partial charge in [0.25, 0.3) is 5.91 Å². The Kier molecular flexibility index (Phi) is 4.57. The summed E-state index contributed by atoms with van der Waals surface area (Å²) in [7, 11) is 0. The Bertz CT molecular complexity index is 518. The summed E-state index contributed by atoms with van der Waals surface area (Å²) in [6.45, 7) is 3.37. The number of nitrogens with one attached hydrogen (secondary N) is 1. The van der Waals surface area contributed by atoms with Gasteiger partial charge in [0.1, 0.15) is 0 Å². The molecule has 0 aliphatic carbocycles. The summed E-state index contributed by atoms with van der Waals surface area (Å²) in [4.78, 5) is 14.1. The van der Waals surface area contributed by atoms with E-state index in [9.17, 15) is 9.18 Å². The van der Waals surface area contributed by atoms with E-state index >= 15 is 0 Å². The maximum absolute atomic E-state index is 13.9. The molecular weight excluding hydrogens is 302 g/mol. The molecule has 2 aliphatic heterocycles. The molecule has 0 aromatic heterocycles. The minimum absolute atomic E-state index is 0. The van der Waals surface area contributed by atoms with E-state index in [0.717, 1.165) is 25.9 Å². The summed E-state index contributed by atoms with van der Waals surface area (Å²) in [5, 5.41) is 3.34. The standard InChI is InChI=1S/C14H16ClFN2O.ClH/c15-11-3-1-2-10(12(11)16)13(19)18-7-5-14(9-18)4-6-17-8-14;/h1-3,17H,4-9H2;1H. The molecule has 1 atom stereocenters. The van der Waals surface area contributed by atoms with E-state index in [2.05, 4.69) is 5.32 Å². The first-order valence-corrected chi connectivity index (χ1v) is 6.93. The molecule has 1 aromatic carbocycles. The molecule has 1 unspecified atom stereocenters. The number of hydrogen-bond acceptors (Lipinski definition) is 2. The number of hydrogen-bond donors (Lipinski definition) is 1. The summed E-state index contributed by atoms with van der Waals surface area (Å²) in [5.74, 6) is -0.858. The highest BCUT2D eigenvalue weighted by Crippen LogP contribution is 2.36. The Hall–Kier alpha value is -0.840. The number of carbonyl (C=O) groups is 1. The lowest BCUT2D eigenvalue weighted by atomic mass is 9.86. The average Bonchev–Trinajstić information content (AvgIpc) is 3.03. The molecule has 1 spiro atoms. The van der Waals surface area contributed by atoms with Gasteiger partial charge in [-0.2, -0.15) is 0 Å². The van der Waals surface area contributed by atoms with Crippen molar-refractivity contribution < 1.29 is 9.18 Å². The van der Waals surface area contributed by atoms with Crippen LogP contribution in [0.15, 0.2) is 18.2 Å². The van der Waals surface area contributed by atoms with Crippen molar-refractivity contribution in [2.24, 2.45) is 5.41 Å². The number of nitrogens with zero attached hydrogens (tertiary/aromatic N) is 1. The number of halogens is 3. The van der Waals surface area contributed by atoms with Crippen LogP contribution in [0.1, 0.15) is 23.2 Å². The van der Waals surface area contributed by atoms with Crippen LogP contribution in [0.3, 0.4) is 0 Å². The second-order valence-corrected chi connectivity index (χ2v) is 5.91. The molecule has 3 nitrogen and oxygen atoms in total. The van der Waals surface area contributed by atoms with Gasteiger partial charge in [0, 0.05) is 25.0 Å². The van der Waals surface area contributed by atoms with E-state index in [-0.39, 0.29) is 34.3 Å². The van der Waals surface area contributed by atoms with Crippen molar-refractivity contribution in [2.45, 2.75) is 12.8 Å². The van der Waals surface area contributed by atoms with Crippen LogP contribution in [0.4, 0.5) is 4.39 Å². The van der Waals surface area contributed by atoms with Crippen LogP contribution in [-0.2, 0) is 0 Å². The Morgan fingerprint density at radius 2 is 2.20 bits per heavy atom. The number of carbonyl (C=O) groups excluding carboxylic acids is 1. The molecule has 2 heterocycles. The Balaban J connectivity index is 0.00000147. The summed E-state index contributed by atoms with van der Waals surface area (Å²) < 4.78 is 13.9. The van der Waals surface area contributed by atoms with Crippen LogP contribution in [0.25, 0.3) is 0 Å². The third-order valence-electron chi connectivity index (χ3n) is 4.24. The lowest BCUT2D eigenvalue weighted by molar-refractivity contribution is 0.0771. The lowest BCUT2D eigenvalue weighted by Crippen LogP contribution is -2.33. The summed E-state index contributed by atoms with van der Waals surface area (Å²) in [6, 6.07) is 4.57. The fraction of sp³-hybridized carbons (Fsp3) is 0.500. The van der Waals surface area contributed by atoms with Gasteiger partial charge in [0.05, 0.1) is 10.6 Å². The molecular formula is C14H17Cl2FN2O. The van der Waals surface area contributed by atoms with E-state index in [4.69, 9.17) is 11.6 Å². The van der Waals surface area contributed by atoms with Gasteiger partial charge in [-0.25, -0.2) is 4.39 Å². The van der Waals surface area contributed by atoms with Crippen LogP contribution in [0, 0.1) is 11.2 Å². The lowest BCUT2D eigenvalue weighted by Gasteiger charge is -2.23. The van der Waals surface area contributed by atoms with Crippen LogP contribution in [-0.4, -0.2) is 37.0 Å². The van der Waals surface area contributed by atoms with Gasteiger partial charge in [-0.3, -0.25) is 4.79 Å². The van der Waals surface area contributed by atoms with Gasteiger partial charge in [0.15, 0.2) is 5.82 Å². The first-order valence-electron chi connectivity index (χ1n) is 6.55. The first-order chi connectivity index (χ1) is 9.11. The quantitative estimate of drug-likeness (QED) is 0.863. The van der Waals surface area contributed by atoms with Gasteiger partial charge < -0.3 is 10.2 Å². The monoisotopic (exact) mass is 318 g/mol. The summed E-state index contributed by atoms with van der Waals surface area (Å²) >= 11 is 5.73. The molecule has 1 aromatic rings. The zero-order chi connectivity index (χ0) is 13.5. The molecule has 2 fully saturated rings. The van der Waals surface area contributed by atoms with Gasteiger partial charge in [-0.1, -0.05) is 17.7 Å². The van der Waals surface area contributed by atoms with E-state index in [1.54, 1.807) is 11.0 Å². The highest BCUT2D eigenvalue weighted by molar-refractivity contribution is 6.31. The molecule has 6 heteroatoms. The summed E-state index contributed by atoms with van der Waals surface area (Å²) in [5.41, 5.74) is 0.278. The van der Waals surface area contributed by atoms with Crippen LogP contribution >= 0.6 is 24.0 Å². The van der Waals surface area contributed by atoms with Crippen LogP contribution < -0.4 is 5.32 Å². The fourth-order valence-corrected chi connectivity index (χ4v) is 3.27. The van der Waals surface area contributed by atoms with Crippen molar-refractivity contribution in [3.8, 4) is 0 Å². The predicted octanol–water partition coefficient (Wildman–Crippen LogP) is 2.73. The van der Waals surface area contributed by atoms with Crippen molar-refractivity contribution in [1.29, 1.82) is 0 Å². The number of likely N-dealkylation sites (tertiary alicyclic amines) is 1. The zero-order valence-corrected chi connectivity index (χ0v) is 12.6. The molecule has 1 amide bonds. The molecule has 20 heavy (non-hydrogen) atoms. The molecule has 0 saturated carbocycles. The van der Waals surface area contributed by atoms with Gasteiger partial charge in [0.2, 0.25) is 0 Å². The van der Waals surface area contributed by atoms with Crippen molar-refractivity contribution in [1.82, 2.24) is 10.2 Å². The highest BCUT2D eigenvalue weighted by atomic mass is 35.5. The van der Waals surface area contributed by atoms with E-state index in [1.165, 1.54) is 12.1 Å². The van der Waals surface area contributed by atoms with Gasteiger partial charge >= 0.3 is 0 Å². The van der Waals surface area contributed by atoms with Crippen molar-refractivity contribution in [2.75, 3.05) is 26.2 Å². The van der Waals surface area contributed by atoms with Crippen molar-refractivity contribution >= 4 is 29.9 Å². The topological polar surface area (TPSA) is 32.3 Å². The molecule has 2 aliphatic rings. The third-order valence-corrected chi connectivity index (χ3v) is 4.53. The molecule has 0 bridgehead atoms. The predicted molar refractivity (Wildman–Crippen MR) is 79.1 cm³/mol. The number of amides is 1. The second-order valence-electron chi connectivity index (χ2n) is 5.50. The third kappa shape index (κ3) is 2.65. The first kappa shape index (κ1) is 15.5. The van der Waals surface area contributed by atoms with E-state index in [1.807, 2.05) is 0 Å². The highest BCUT2D eigenvalue weighted by Gasteiger charge is 2.42. The van der Waals surface area contributed by atoms with Gasteiger partial charge in [-0.05, 0) is 31.5 Å².